The molecule has 98 valence electrons. The molecule has 2 aliphatic rings. The minimum absolute atomic E-state index is 0.178. The number of nitrogens with two attached hydrogens (primary N) is 1. The second-order valence-corrected chi connectivity index (χ2v) is 5.26. The van der Waals surface area contributed by atoms with Gasteiger partial charge in [-0.1, -0.05) is 0 Å². The highest BCUT2D eigenvalue weighted by molar-refractivity contribution is 5.76. The molecule has 0 saturated carbocycles. The Kier molecular flexibility index (Phi) is 4.80. The zero-order valence-electron chi connectivity index (χ0n) is 10.6. The number of hydrogen-bond acceptors (Lipinski definition) is 3. The molecule has 2 fully saturated rings. The number of carbonyl (C=O) groups is 1. The Hall–Kier alpha value is -0.610. The van der Waals surface area contributed by atoms with Crippen LogP contribution in [0.25, 0.3) is 0 Å². The van der Waals surface area contributed by atoms with Crippen LogP contribution in [0.1, 0.15) is 38.5 Å². The number of ether oxygens (including phenoxy) is 1. The molecule has 2 N–H and O–H groups in total. The maximum atomic E-state index is 12.1. The Balaban J connectivity index is 1.77. The molecule has 0 spiro atoms. The molecule has 0 radical (unpaired) electrons. The van der Waals surface area contributed by atoms with E-state index in [9.17, 15) is 4.79 Å². The Morgan fingerprint density at radius 3 is 2.94 bits per heavy atom. The quantitative estimate of drug-likeness (QED) is 0.802. The minimum Gasteiger partial charge on any atom is -0.378 e. The molecule has 4 nitrogen and oxygen atoms in total. The van der Waals surface area contributed by atoms with Crippen LogP contribution in [-0.4, -0.2) is 43.2 Å². The normalized spacial score (nSPS) is 29.6. The van der Waals surface area contributed by atoms with Crippen molar-refractivity contribution in [2.24, 2.45) is 11.7 Å². The summed E-state index contributed by atoms with van der Waals surface area (Å²) in [6, 6.07) is 0. The maximum absolute atomic E-state index is 12.1. The summed E-state index contributed by atoms with van der Waals surface area (Å²) in [7, 11) is 0. The van der Waals surface area contributed by atoms with Crippen LogP contribution in [0.4, 0.5) is 0 Å². The molecule has 2 rings (SSSR count). The van der Waals surface area contributed by atoms with E-state index in [1.54, 1.807) is 0 Å². The van der Waals surface area contributed by atoms with E-state index >= 15 is 0 Å². The van der Waals surface area contributed by atoms with Gasteiger partial charge in [-0.3, -0.25) is 4.79 Å². The van der Waals surface area contributed by atoms with E-state index in [1.807, 2.05) is 4.90 Å². The molecule has 2 unspecified atom stereocenters. The number of piperidine rings is 1. The van der Waals surface area contributed by atoms with Crippen molar-refractivity contribution >= 4 is 5.91 Å². The predicted molar refractivity (Wildman–Crippen MR) is 66.6 cm³/mol. The van der Waals surface area contributed by atoms with Crippen molar-refractivity contribution in [2.45, 2.75) is 44.6 Å². The minimum atomic E-state index is 0.178. The van der Waals surface area contributed by atoms with Crippen molar-refractivity contribution in [1.29, 1.82) is 0 Å². The average Bonchev–Trinajstić information content (AvgIpc) is 2.83. The largest absolute Gasteiger partial charge is 0.378 e. The lowest BCUT2D eigenvalue weighted by atomic mass is 9.94. The number of carbonyl (C=O) groups excluding carboxylic acids is 1. The lowest BCUT2D eigenvalue weighted by Crippen LogP contribution is -2.41. The third-order valence-electron chi connectivity index (χ3n) is 3.87. The summed E-state index contributed by atoms with van der Waals surface area (Å²) in [5.74, 6) is 0.890. The highest BCUT2D eigenvalue weighted by Crippen LogP contribution is 2.22. The smallest absolute Gasteiger partial charge is 0.225 e. The Morgan fingerprint density at radius 1 is 1.35 bits per heavy atom. The molecular weight excluding hydrogens is 216 g/mol. The molecule has 0 aromatic rings. The van der Waals surface area contributed by atoms with Gasteiger partial charge in [0.2, 0.25) is 5.91 Å². The van der Waals surface area contributed by atoms with Gasteiger partial charge < -0.3 is 15.4 Å². The third-order valence-corrected chi connectivity index (χ3v) is 3.87. The monoisotopic (exact) mass is 240 g/mol. The van der Waals surface area contributed by atoms with Crippen molar-refractivity contribution in [1.82, 2.24) is 4.90 Å². The molecule has 2 saturated heterocycles. The Morgan fingerprint density at radius 2 is 2.24 bits per heavy atom. The first-order valence-electron chi connectivity index (χ1n) is 6.89. The molecule has 2 atom stereocenters. The first-order valence-corrected chi connectivity index (χ1v) is 6.89. The van der Waals surface area contributed by atoms with Gasteiger partial charge >= 0.3 is 0 Å². The Labute approximate surface area is 103 Å². The SMILES string of the molecule is NCCC1CCCN(C(=O)CC2CCCO2)C1. The van der Waals surface area contributed by atoms with Crippen molar-refractivity contribution < 1.29 is 9.53 Å². The van der Waals surface area contributed by atoms with Gasteiger partial charge in [0, 0.05) is 19.7 Å². The lowest BCUT2D eigenvalue weighted by Gasteiger charge is -2.33. The van der Waals surface area contributed by atoms with Gasteiger partial charge in [-0.05, 0) is 44.6 Å². The molecule has 0 aromatic heterocycles. The van der Waals surface area contributed by atoms with Crippen LogP contribution in [0.15, 0.2) is 0 Å². The second-order valence-electron chi connectivity index (χ2n) is 5.26. The predicted octanol–water partition coefficient (Wildman–Crippen LogP) is 1.14. The fourth-order valence-corrected chi connectivity index (χ4v) is 2.89. The van der Waals surface area contributed by atoms with E-state index in [2.05, 4.69) is 0 Å². The molecule has 2 aliphatic heterocycles. The standard InChI is InChI=1S/C13H24N2O2/c14-6-5-11-3-1-7-15(10-11)13(16)9-12-4-2-8-17-12/h11-12H,1-10,14H2. The van der Waals surface area contributed by atoms with Crippen LogP contribution < -0.4 is 5.73 Å². The molecule has 17 heavy (non-hydrogen) atoms. The van der Waals surface area contributed by atoms with E-state index in [1.165, 1.54) is 6.42 Å². The van der Waals surface area contributed by atoms with Crippen LogP contribution in [-0.2, 0) is 9.53 Å². The first-order chi connectivity index (χ1) is 8.29. The van der Waals surface area contributed by atoms with Crippen LogP contribution >= 0.6 is 0 Å². The van der Waals surface area contributed by atoms with Crippen LogP contribution in [0.2, 0.25) is 0 Å². The summed E-state index contributed by atoms with van der Waals surface area (Å²) < 4.78 is 5.52. The van der Waals surface area contributed by atoms with Gasteiger partial charge in [0.15, 0.2) is 0 Å². The van der Waals surface area contributed by atoms with Crippen molar-refractivity contribution in [3.05, 3.63) is 0 Å². The highest BCUT2D eigenvalue weighted by Gasteiger charge is 2.26. The van der Waals surface area contributed by atoms with Crippen molar-refractivity contribution in [3.8, 4) is 0 Å². The number of nitrogens with zero attached hydrogens (tertiary/aromatic N) is 1. The van der Waals surface area contributed by atoms with Gasteiger partial charge in [0.25, 0.3) is 0 Å². The van der Waals surface area contributed by atoms with Crippen LogP contribution in [0.5, 0.6) is 0 Å². The molecule has 4 heteroatoms. The number of amides is 1. The summed E-state index contributed by atoms with van der Waals surface area (Å²) in [6.07, 6.45) is 6.30. The third kappa shape index (κ3) is 3.68. The van der Waals surface area contributed by atoms with Gasteiger partial charge in [-0.2, -0.15) is 0 Å². The lowest BCUT2D eigenvalue weighted by molar-refractivity contribution is -0.135. The summed E-state index contributed by atoms with van der Waals surface area (Å²) in [5, 5.41) is 0. The summed E-state index contributed by atoms with van der Waals surface area (Å²) >= 11 is 0. The van der Waals surface area contributed by atoms with Gasteiger partial charge in [0.1, 0.15) is 0 Å². The number of hydrogen-bond donors (Lipinski definition) is 1. The molecule has 0 aliphatic carbocycles. The van der Waals surface area contributed by atoms with E-state index in [0.29, 0.717) is 12.3 Å². The summed E-state index contributed by atoms with van der Waals surface area (Å²) in [6.45, 7) is 3.39. The van der Waals surface area contributed by atoms with E-state index in [4.69, 9.17) is 10.5 Å². The summed E-state index contributed by atoms with van der Waals surface area (Å²) in [5.41, 5.74) is 5.59. The van der Waals surface area contributed by atoms with Crippen LogP contribution in [0, 0.1) is 5.92 Å². The van der Waals surface area contributed by atoms with Crippen LogP contribution in [0.3, 0.4) is 0 Å². The zero-order valence-corrected chi connectivity index (χ0v) is 10.6. The number of rotatable bonds is 4. The molecular formula is C13H24N2O2. The van der Waals surface area contributed by atoms with Gasteiger partial charge in [-0.25, -0.2) is 0 Å². The fraction of sp³-hybridized carbons (Fsp3) is 0.923. The Bertz CT molecular complexity index is 250. The summed E-state index contributed by atoms with van der Waals surface area (Å²) in [4.78, 5) is 14.1. The first kappa shape index (κ1) is 12.8. The van der Waals surface area contributed by atoms with Gasteiger partial charge in [-0.15, -0.1) is 0 Å². The molecule has 1 amide bonds. The maximum Gasteiger partial charge on any atom is 0.225 e. The van der Waals surface area contributed by atoms with Crippen molar-refractivity contribution in [2.75, 3.05) is 26.2 Å². The second kappa shape index (κ2) is 6.36. The molecule has 0 aromatic carbocycles. The molecule has 0 bridgehead atoms. The van der Waals surface area contributed by atoms with E-state index < -0.39 is 0 Å². The van der Waals surface area contributed by atoms with Crippen molar-refractivity contribution in [3.63, 3.8) is 0 Å². The zero-order chi connectivity index (χ0) is 12.1. The fourth-order valence-electron chi connectivity index (χ4n) is 2.89. The van der Waals surface area contributed by atoms with E-state index in [-0.39, 0.29) is 12.0 Å². The number of likely N-dealkylation sites (tertiary alicyclic amines) is 1. The van der Waals surface area contributed by atoms with Gasteiger partial charge in [0.05, 0.1) is 12.5 Å². The molecule has 2 heterocycles. The highest BCUT2D eigenvalue weighted by atomic mass is 16.5. The topological polar surface area (TPSA) is 55.6 Å². The van der Waals surface area contributed by atoms with E-state index in [0.717, 1.165) is 51.9 Å². The average molecular weight is 240 g/mol.